The zero-order valence-electron chi connectivity index (χ0n) is 11.4. The molecule has 98 valence electrons. The van der Waals surface area contributed by atoms with E-state index in [1.165, 1.54) is 11.3 Å². The summed E-state index contributed by atoms with van der Waals surface area (Å²) in [6, 6.07) is 8.27. The Morgan fingerprint density at radius 2 is 2.00 bits per heavy atom. The van der Waals surface area contributed by atoms with Crippen molar-refractivity contribution in [2.24, 2.45) is 0 Å². The quantitative estimate of drug-likeness (QED) is 0.851. The molecule has 0 radical (unpaired) electrons. The monoisotopic (exact) mass is 272 g/mol. The average molecular weight is 272 g/mol. The van der Waals surface area contributed by atoms with Crippen LogP contribution < -0.4 is 4.74 Å². The fraction of sp³-hybridized carbons (Fsp3) is 0.333. The Labute approximate surface area is 117 Å². The van der Waals surface area contributed by atoms with E-state index in [9.17, 15) is 0 Å². The lowest BCUT2D eigenvalue weighted by molar-refractivity contribution is 0.301. The van der Waals surface area contributed by atoms with Crippen molar-refractivity contribution in [2.75, 3.05) is 0 Å². The lowest BCUT2D eigenvalue weighted by Crippen LogP contribution is -1.98. The van der Waals surface area contributed by atoms with Crippen LogP contribution in [0.25, 0.3) is 0 Å². The molecule has 0 fully saturated rings. The van der Waals surface area contributed by atoms with E-state index in [-0.39, 0.29) is 0 Å². The standard InChI is InChI=1S/C15H16N2OS/c1-4-12-13(8-16)19-14(17-12)9-18-15-10(2)6-5-7-11(15)3/h5-7H,4,9H2,1-3H3. The molecular formula is C15H16N2OS. The molecular weight excluding hydrogens is 256 g/mol. The molecule has 0 atom stereocenters. The Kier molecular flexibility index (Phi) is 4.18. The van der Waals surface area contributed by atoms with Crippen LogP contribution in [0.4, 0.5) is 0 Å². The molecule has 0 saturated heterocycles. The molecule has 1 aromatic heterocycles. The third kappa shape index (κ3) is 2.94. The van der Waals surface area contributed by atoms with Crippen LogP contribution >= 0.6 is 11.3 Å². The number of hydrogen-bond acceptors (Lipinski definition) is 4. The van der Waals surface area contributed by atoms with Gasteiger partial charge in [0.1, 0.15) is 28.3 Å². The Morgan fingerprint density at radius 1 is 1.32 bits per heavy atom. The molecule has 0 amide bonds. The highest BCUT2D eigenvalue weighted by Crippen LogP contribution is 2.25. The summed E-state index contributed by atoms with van der Waals surface area (Å²) in [6.45, 7) is 6.49. The molecule has 0 aliphatic carbocycles. The second-order valence-electron chi connectivity index (χ2n) is 4.36. The van der Waals surface area contributed by atoms with Gasteiger partial charge in [-0.25, -0.2) is 4.98 Å². The molecule has 0 spiro atoms. The number of hydrogen-bond donors (Lipinski definition) is 0. The Bertz CT molecular complexity index is 605. The predicted octanol–water partition coefficient (Wildman–Crippen LogP) is 3.77. The third-order valence-corrected chi connectivity index (χ3v) is 3.90. The Balaban J connectivity index is 2.15. The van der Waals surface area contributed by atoms with Crippen LogP contribution in [0.3, 0.4) is 0 Å². The lowest BCUT2D eigenvalue weighted by atomic mass is 10.1. The van der Waals surface area contributed by atoms with E-state index >= 15 is 0 Å². The molecule has 3 nitrogen and oxygen atoms in total. The van der Waals surface area contributed by atoms with Gasteiger partial charge in [0.15, 0.2) is 0 Å². The number of nitrogens with zero attached hydrogens (tertiary/aromatic N) is 2. The van der Waals surface area contributed by atoms with Crippen LogP contribution in [-0.4, -0.2) is 4.98 Å². The van der Waals surface area contributed by atoms with Crippen LogP contribution in [0.1, 0.15) is 33.6 Å². The SMILES string of the molecule is CCc1nc(COc2c(C)cccc2C)sc1C#N. The third-order valence-electron chi connectivity index (χ3n) is 2.93. The van der Waals surface area contributed by atoms with Gasteiger partial charge < -0.3 is 4.74 Å². The minimum atomic E-state index is 0.422. The van der Waals surface area contributed by atoms with E-state index < -0.39 is 0 Å². The Morgan fingerprint density at radius 3 is 2.53 bits per heavy atom. The summed E-state index contributed by atoms with van der Waals surface area (Å²) >= 11 is 1.42. The zero-order chi connectivity index (χ0) is 13.8. The van der Waals surface area contributed by atoms with Gasteiger partial charge in [-0.05, 0) is 31.4 Å². The number of nitriles is 1. The van der Waals surface area contributed by atoms with Gasteiger partial charge in [-0.1, -0.05) is 25.1 Å². The molecule has 0 aliphatic rings. The van der Waals surface area contributed by atoms with Crippen LogP contribution in [0.15, 0.2) is 18.2 Å². The molecule has 0 aliphatic heterocycles. The number of thiazole rings is 1. The molecule has 4 heteroatoms. The summed E-state index contributed by atoms with van der Waals surface area (Å²) < 4.78 is 5.85. The molecule has 0 N–H and O–H groups in total. The maximum Gasteiger partial charge on any atom is 0.140 e. The molecule has 1 heterocycles. The summed E-state index contributed by atoms with van der Waals surface area (Å²) in [6.07, 6.45) is 0.781. The second-order valence-corrected chi connectivity index (χ2v) is 5.44. The minimum absolute atomic E-state index is 0.422. The number of aromatic nitrogens is 1. The van der Waals surface area contributed by atoms with E-state index in [4.69, 9.17) is 10.00 Å². The predicted molar refractivity (Wildman–Crippen MR) is 76.5 cm³/mol. The zero-order valence-corrected chi connectivity index (χ0v) is 12.2. The minimum Gasteiger partial charge on any atom is -0.486 e. The van der Waals surface area contributed by atoms with E-state index in [1.54, 1.807) is 0 Å². The second kappa shape index (κ2) is 5.85. The van der Waals surface area contributed by atoms with Crippen molar-refractivity contribution in [1.29, 1.82) is 5.26 Å². The number of ether oxygens (including phenoxy) is 1. The van der Waals surface area contributed by atoms with Crippen molar-refractivity contribution in [3.05, 3.63) is 44.9 Å². The topological polar surface area (TPSA) is 45.9 Å². The van der Waals surface area contributed by atoms with Crippen LogP contribution in [0.5, 0.6) is 5.75 Å². The largest absolute Gasteiger partial charge is 0.486 e. The first-order valence-electron chi connectivity index (χ1n) is 6.23. The normalized spacial score (nSPS) is 10.2. The number of benzene rings is 1. The molecule has 19 heavy (non-hydrogen) atoms. The van der Waals surface area contributed by atoms with Crippen molar-refractivity contribution < 1.29 is 4.74 Å². The van der Waals surface area contributed by atoms with Crippen LogP contribution in [-0.2, 0) is 13.0 Å². The number of aryl methyl sites for hydroxylation is 3. The average Bonchev–Trinajstić information content (AvgIpc) is 2.80. The first kappa shape index (κ1) is 13.6. The van der Waals surface area contributed by atoms with Crippen molar-refractivity contribution in [3.63, 3.8) is 0 Å². The van der Waals surface area contributed by atoms with Gasteiger partial charge in [0.05, 0.1) is 5.69 Å². The van der Waals surface area contributed by atoms with Crippen molar-refractivity contribution in [2.45, 2.75) is 33.8 Å². The van der Waals surface area contributed by atoms with E-state index in [1.807, 2.05) is 39.0 Å². The molecule has 2 aromatic rings. The van der Waals surface area contributed by atoms with Gasteiger partial charge in [-0.15, -0.1) is 11.3 Å². The maximum atomic E-state index is 9.02. The highest BCUT2D eigenvalue weighted by Gasteiger charge is 2.10. The molecule has 1 aromatic carbocycles. The molecule has 0 bridgehead atoms. The maximum absolute atomic E-state index is 9.02. The van der Waals surface area contributed by atoms with Gasteiger partial charge in [0, 0.05) is 0 Å². The molecule has 0 saturated carbocycles. The van der Waals surface area contributed by atoms with Crippen LogP contribution in [0, 0.1) is 25.2 Å². The summed E-state index contributed by atoms with van der Waals surface area (Å²) in [5.74, 6) is 0.911. The summed E-state index contributed by atoms with van der Waals surface area (Å²) in [7, 11) is 0. The first-order valence-corrected chi connectivity index (χ1v) is 7.05. The van der Waals surface area contributed by atoms with Crippen molar-refractivity contribution >= 4 is 11.3 Å². The summed E-state index contributed by atoms with van der Waals surface area (Å²) in [5.41, 5.74) is 3.10. The number of rotatable bonds is 4. The summed E-state index contributed by atoms with van der Waals surface area (Å²) in [4.78, 5) is 5.14. The Hall–Kier alpha value is -1.86. The van der Waals surface area contributed by atoms with Gasteiger partial charge in [-0.3, -0.25) is 0 Å². The molecule has 2 rings (SSSR count). The van der Waals surface area contributed by atoms with E-state index in [0.29, 0.717) is 11.5 Å². The smallest absolute Gasteiger partial charge is 0.140 e. The van der Waals surface area contributed by atoms with E-state index in [0.717, 1.165) is 34.0 Å². The van der Waals surface area contributed by atoms with E-state index in [2.05, 4.69) is 11.1 Å². The van der Waals surface area contributed by atoms with Gasteiger partial charge in [0.25, 0.3) is 0 Å². The fourth-order valence-electron chi connectivity index (χ4n) is 1.95. The first-order chi connectivity index (χ1) is 9.15. The lowest BCUT2D eigenvalue weighted by Gasteiger charge is -2.10. The van der Waals surface area contributed by atoms with Gasteiger partial charge in [-0.2, -0.15) is 5.26 Å². The van der Waals surface area contributed by atoms with Gasteiger partial charge >= 0.3 is 0 Å². The summed E-state index contributed by atoms with van der Waals surface area (Å²) in [5, 5.41) is 9.87. The fourth-order valence-corrected chi connectivity index (χ4v) is 2.81. The van der Waals surface area contributed by atoms with Crippen molar-refractivity contribution in [3.8, 4) is 11.8 Å². The number of para-hydroxylation sites is 1. The van der Waals surface area contributed by atoms with Crippen molar-refractivity contribution in [1.82, 2.24) is 4.98 Å². The molecule has 0 unspecified atom stereocenters. The highest BCUT2D eigenvalue weighted by molar-refractivity contribution is 7.12. The highest BCUT2D eigenvalue weighted by atomic mass is 32.1. The van der Waals surface area contributed by atoms with Crippen LogP contribution in [0.2, 0.25) is 0 Å². The van der Waals surface area contributed by atoms with Gasteiger partial charge in [0.2, 0.25) is 0 Å².